The largest absolute Gasteiger partial charge is 0.393 e. The lowest BCUT2D eigenvalue weighted by Gasteiger charge is -2.19. The topological polar surface area (TPSA) is 75.4 Å². The normalized spacial score (nSPS) is 13.5. The van der Waals surface area contributed by atoms with Gasteiger partial charge in [0.15, 0.2) is 0 Å². The molecule has 0 amide bonds. The Kier molecular flexibility index (Phi) is 6.73. The van der Waals surface area contributed by atoms with E-state index >= 15 is 0 Å². The molecule has 128 valence electrons. The monoisotopic (exact) mass is 348 g/mol. The standard InChI is InChI=1S/C18H21ClN2O3/c1-13(22)9-16(15-5-3-2-4-6-15)12-20-11-14-7-8-17(19)18(10-14)21(23)24/h2-8,10,13,16,20,22H,9,11-12H2,1H3. The zero-order valence-electron chi connectivity index (χ0n) is 13.5. The average molecular weight is 349 g/mol. The maximum atomic E-state index is 10.9. The summed E-state index contributed by atoms with van der Waals surface area (Å²) in [7, 11) is 0. The Labute approximate surface area is 146 Å². The second-order valence-corrected chi connectivity index (χ2v) is 6.27. The molecule has 0 aliphatic rings. The predicted molar refractivity (Wildman–Crippen MR) is 95.3 cm³/mol. The lowest BCUT2D eigenvalue weighted by atomic mass is 9.93. The van der Waals surface area contributed by atoms with Crippen molar-refractivity contribution in [3.05, 3.63) is 74.8 Å². The van der Waals surface area contributed by atoms with E-state index in [2.05, 4.69) is 5.32 Å². The van der Waals surface area contributed by atoms with E-state index in [9.17, 15) is 15.2 Å². The van der Waals surface area contributed by atoms with Crippen LogP contribution in [0.4, 0.5) is 5.69 Å². The third-order valence-corrected chi connectivity index (χ3v) is 4.14. The molecule has 0 heterocycles. The summed E-state index contributed by atoms with van der Waals surface area (Å²) in [6.07, 6.45) is 0.256. The summed E-state index contributed by atoms with van der Waals surface area (Å²) in [6, 6.07) is 14.8. The van der Waals surface area contributed by atoms with E-state index in [-0.39, 0.29) is 16.6 Å². The molecule has 2 unspecified atom stereocenters. The van der Waals surface area contributed by atoms with Crippen molar-refractivity contribution < 1.29 is 10.0 Å². The van der Waals surface area contributed by atoms with Crippen LogP contribution in [0.1, 0.15) is 30.4 Å². The average Bonchev–Trinajstić information content (AvgIpc) is 2.55. The first-order chi connectivity index (χ1) is 11.5. The van der Waals surface area contributed by atoms with Crippen LogP contribution in [0.15, 0.2) is 48.5 Å². The highest BCUT2D eigenvalue weighted by Crippen LogP contribution is 2.25. The Hall–Kier alpha value is -1.95. The van der Waals surface area contributed by atoms with E-state index in [0.717, 1.165) is 11.1 Å². The first kappa shape index (κ1) is 18.4. The van der Waals surface area contributed by atoms with Crippen molar-refractivity contribution in [2.45, 2.75) is 31.9 Å². The van der Waals surface area contributed by atoms with Gasteiger partial charge in [-0.1, -0.05) is 48.0 Å². The highest BCUT2D eigenvalue weighted by atomic mass is 35.5. The van der Waals surface area contributed by atoms with Crippen molar-refractivity contribution in [1.29, 1.82) is 0 Å². The maximum Gasteiger partial charge on any atom is 0.288 e. The minimum atomic E-state index is -0.480. The fourth-order valence-electron chi connectivity index (χ4n) is 2.67. The lowest BCUT2D eigenvalue weighted by molar-refractivity contribution is -0.384. The Morgan fingerprint density at radius 1 is 1.25 bits per heavy atom. The van der Waals surface area contributed by atoms with Gasteiger partial charge in [0.1, 0.15) is 5.02 Å². The van der Waals surface area contributed by atoms with Crippen molar-refractivity contribution in [1.82, 2.24) is 5.32 Å². The fourth-order valence-corrected chi connectivity index (χ4v) is 2.86. The summed E-state index contributed by atoms with van der Waals surface area (Å²) in [5.41, 5.74) is 1.88. The molecule has 2 atom stereocenters. The highest BCUT2D eigenvalue weighted by molar-refractivity contribution is 6.32. The van der Waals surface area contributed by atoms with Crippen LogP contribution in [0.25, 0.3) is 0 Å². The van der Waals surface area contributed by atoms with Crippen molar-refractivity contribution in [3.63, 3.8) is 0 Å². The number of hydrogen-bond donors (Lipinski definition) is 2. The van der Waals surface area contributed by atoms with Crippen LogP contribution in [0.5, 0.6) is 0 Å². The molecular formula is C18H21ClN2O3. The molecule has 2 aromatic rings. The molecule has 2 N–H and O–H groups in total. The summed E-state index contributed by atoms with van der Waals surface area (Å²) >= 11 is 5.82. The second kappa shape index (κ2) is 8.78. The Bertz CT molecular complexity index is 677. The molecule has 0 spiro atoms. The number of aliphatic hydroxyl groups excluding tert-OH is 1. The van der Waals surface area contributed by atoms with E-state index in [1.165, 1.54) is 6.07 Å². The molecule has 6 heteroatoms. The maximum absolute atomic E-state index is 10.9. The molecular weight excluding hydrogens is 328 g/mol. The minimum absolute atomic E-state index is 0.0837. The molecule has 2 aromatic carbocycles. The van der Waals surface area contributed by atoms with Gasteiger partial charge in [0.2, 0.25) is 0 Å². The van der Waals surface area contributed by atoms with Gasteiger partial charge in [0.25, 0.3) is 5.69 Å². The van der Waals surface area contributed by atoms with Crippen LogP contribution in [-0.2, 0) is 6.54 Å². The zero-order chi connectivity index (χ0) is 17.5. The number of nitro benzene ring substituents is 1. The Balaban J connectivity index is 2.00. The zero-order valence-corrected chi connectivity index (χ0v) is 14.2. The van der Waals surface area contributed by atoms with Crippen LogP contribution >= 0.6 is 11.6 Å². The summed E-state index contributed by atoms with van der Waals surface area (Å²) in [6.45, 7) is 2.95. The molecule has 0 aromatic heterocycles. The number of nitro groups is 1. The third-order valence-electron chi connectivity index (χ3n) is 3.82. The van der Waals surface area contributed by atoms with Crippen molar-refractivity contribution >= 4 is 17.3 Å². The third kappa shape index (κ3) is 5.30. The van der Waals surface area contributed by atoms with Crippen LogP contribution in [0, 0.1) is 10.1 Å². The van der Waals surface area contributed by atoms with Gasteiger partial charge in [0, 0.05) is 19.2 Å². The molecule has 5 nitrogen and oxygen atoms in total. The van der Waals surface area contributed by atoms with E-state index in [1.807, 2.05) is 30.3 Å². The molecule has 24 heavy (non-hydrogen) atoms. The molecule has 0 radical (unpaired) electrons. The van der Waals surface area contributed by atoms with Crippen LogP contribution in [0.2, 0.25) is 5.02 Å². The van der Waals surface area contributed by atoms with Gasteiger partial charge in [0.05, 0.1) is 11.0 Å². The molecule has 0 aliphatic carbocycles. The predicted octanol–water partition coefficient (Wildman–Crippen LogP) is 3.89. The van der Waals surface area contributed by atoms with E-state index in [0.29, 0.717) is 19.5 Å². The molecule has 0 saturated heterocycles. The second-order valence-electron chi connectivity index (χ2n) is 5.87. The summed E-state index contributed by atoms with van der Waals surface area (Å²) in [5, 5.41) is 24.1. The smallest absolute Gasteiger partial charge is 0.288 e. The minimum Gasteiger partial charge on any atom is -0.393 e. The number of rotatable bonds is 8. The van der Waals surface area contributed by atoms with Crippen LogP contribution in [-0.4, -0.2) is 22.7 Å². The number of nitrogens with one attached hydrogen (secondary N) is 1. The molecule has 0 bridgehead atoms. The number of nitrogens with zero attached hydrogens (tertiary/aromatic N) is 1. The Morgan fingerprint density at radius 2 is 1.96 bits per heavy atom. The van der Waals surface area contributed by atoms with Gasteiger partial charge < -0.3 is 10.4 Å². The van der Waals surface area contributed by atoms with Gasteiger partial charge in [-0.05, 0) is 36.5 Å². The number of halogens is 1. The SMILES string of the molecule is CC(O)CC(CNCc1ccc(Cl)c([N+](=O)[O-])c1)c1ccccc1. The molecule has 2 rings (SSSR count). The van der Waals surface area contributed by atoms with E-state index in [1.54, 1.807) is 19.1 Å². The fraction of sp³-hybridized carbons (Fsp3) is 0.333. The van der Waals surface area contributed by atoms with Crippen LogP contribution < -0.4 is 5.32 Å². The number of hydrogen-bond acceptors (Lipinski definition) is 4. The van der Waals surface area contributed by atoms with Crippen molar-refractivity contribution in [3.8, 4) is 0 Å². The van der Waals surface area contributed by atoms with E-state index in [4.69, 9.17) is 11.6 Å². The molecule has 0 aliphatic heterocycles. The van der Waals surface area contributed by atoms with Crippen LogP contribution in [0.3, 0.4) is 0 Å². The summed E-state index contributed by atoms with van der Waals surface area (Å²) in [5.74, 6) is 0.175. The quantitative estimate of drug-likeness (QED) is 0.560. The number of benzene rings is 2. The van der Waals surface area contributed by atoms with Gasteiger partial charge in [-0.25, -0.2) is 0 Å². The van der Waals surface area contributed by atoms with Gasteiger partial charge >= 0.3 is 0 Å². The van der Waals surface area contributed by atoms with Crippen molar-refractivity contribution in [2.24, 2.45) is 0 Å². The van der Waals surface area contributed by atoms with Gasteiger partial charge in [-0.15, -0.1) is 0 Å². The number of aliphatic hydroxyl groups is 1. The summed E-state index contributed by atoms with van der Waals surface area (Å²) in [4.78, 5) is 10.5. The lowest BCUT2D eigenvalue weighted by Crippen LogP contribution is -2.23. The van der Waals surface area contributed by atoms with Gasteiger partial charge in [-0.2, -0.15) is 0 Å². The highest BCUT2D eigenvalue weighted by Gasteiger charge is 2.15. The Morgan fingerprint density at radius 3 is 2.58 bits per heavy atom. The van der Waals surface area contributed by atoms with Crippen molar-refractivity contribution in [2.75, 3.05) is 6.54 Å². The molecule has 0 saturated carbocycles. The summed E-state index contributed by atoms with van der Waals surface area (Å²) < 4.78 is 0. The van der Waals surface area contributed by atoms with E-state index < -0.39 is 11.0 Å². The first-order valence-electron chi connectivity index (χ1n) is 7.84. The first-order valence-corrected chi connectivity index (χ1v) is 8.21. The van der Waals surface area contributed by atoms with Gasteiger partial charge in [-0.3, -0.25) is 10.1 Å². The molecule has 0 fully saturated rings.